The maximum atomic E-state index is 13.3. The minimum Gasteiger partial charge on any atom is -0.334 e. The van der Waals surface area contributed by atoms with Crippen LogP contribution in [0, 0.1) is 11.3 Å². The fraction of sp³-hybridized carbons (Fsp3) is 0.500. The average molecular weight is 450 g/mol. The number of nitrogens with zero attached hydrogens (tertiary/aromatic N) is 1. The molecule has 0 unspecified atom stereocenters. The summed E-state index contributed by atoms with van der Waals surface area (Å²) in [6.07, 6.45) is 5.84. The summed E-state index contributed by atoms with van der Waals surface area (Å²) in [5.74, 6) is 0.295. The van der Waals surface area contributed by atoms with Gasteiger partial charge in [0.2, 0.25) is 11.8 Å². The predicted octanol–water partition coefficient (Wildman–Crippen LogP) is 5.63. The number of amides is 2. The average Bonchev–Trinajstić information content (AvgIpc) is 2.79. The molecule has 1 aliphatic carbocycles. The van der Waals surface area contributed by atoms with E-state index in [9.17, 15) is 9.59 Å². The van der Waals surface area contributed by atoms with Crippen LogP contribution in [-0.4, -0.2) is 16.7 Å². The summed E-state index contributed by atoms with van der Waals surface area (Å²) in [6.45, 7) is 7.67. The van der Waals surface area contributed by atoms with E-state index in [2.05, 4.69) is 32.2 Å². The van der Waals surface area contributed by atoms with Crippen LogP contribution in [0.2, 0.25) is 0 Å². The predicted molar refractivity (Wildman–Crippen MR) is 134 cm³/mol. The lowest BCUT2D eigenvalue weighted by molar-refractivity contribution is -0.134. The van der Waals surface area contributed by atoms with Gasteiger partial charge in [-0.15, -0.1) is 0 Å². The molecule has 3 rings (SSSR count). The number of hydrogen-bond donors (Lipinski definition) is 2. The maximum absolute atomic E-state index is 13.3. The normalized spacial score (nSPS) is 14.7. The summed E-state index contributed by atoms with van der Waals surface area (Å²) in [6, 6.07) is 15.9. The van der Waals surface area contributed by atoms with Crippen molar-refractivity contribution in [3.63, 3.8) is 0 Å². The molecule has 0 aromatic heterocycles. The highest BCUT2D eigenvalue weighted by Gasteiger charge is 2.24. The topological polar surface area (TPSA) is 75.4 Å². The molecule has 1 saturated carbocycles. The van der Waals surface area contributed by atoms with Gasteiger partial charge in [0.25, 0.3) is 0 Å². The summed E-state index contributed by atoms with van der Waals surface area (Å²) < 4.78 is 0. The van der Waals surface area contributed by atoms with Gasteiger partial charge < -0.3 is 16.0 Å². The number of carbonyl (C=O) groups is 2. The molecule has 0 heterocycles. The monoisotopic (exact) mass is 449 g/mol. The van der Waals surface area contributed by atoms with Crippen LogP contribution in [0.3, 0.4) is 0 Å². The number of para-hydroxylation sites is 1. The minimum atomic E-state index is -0.108. The third-order valence-electron chi connectivity index (χ3n) is 6.25. The van der Waals surface area contributed by atoms with E-state index >= 15 is 0 Å². The third kappa shape index (κ3) is 7.71. The minimum absolute atomic E-state index is 0.0874. The molecule has 2 aromatic rings. The van der Waals surface area contributed by atoms with Crippen molar-refractivity contribution in [2.75, 3.05) is 5.32 Å². The van der Waals surface area contributed by atoms with E-state index in [4.69, 9.17) is 5.73 Å². The molecule has 2 aromatic carbocycles. The Kier molecular flexibility index (Phi) is 8.67. The standard InChI is InChI=1S/C28H39N3O2/c1-28(2,3)17-26(32)31(19-22-11-9-10-21(16-22)18-29)20-24-14-7-8-15-25(24)30-27(33)23-12-5-4-6-13-23/h7-11,14-16,23H,4-6,12-13,17-20,29H2,1-3H3,(H,30,33). The number of anilines is 1. The number of benzene rings is 2. The molecule has 5 nitrogen and oxygen atoms in total. The molecule has 3 N–H and O–H groups in total. The first kappa shape index (κ1) is 25.0. The molecule has 1 aliphatic rings. The Bertz CT molecular complexity index is 942. The lowest BCUT2D eigenvalue weighted by Crippen LogP contribution is -2.33. The molecule has 0 saturated heterocycles. The van der Waals surface area contributed by atoms with Gasteiger partial charge in [0, 0.05) is 37.7 Å². The van der Waals surface area contributed by atoms with Crippen LogP contribution in [0.1, 0.15) is 76.0 Å². The van der Waals surface area contributed by atoms with Gasteiger partial charge in [-0.3, -0.25) is 9.59 Å². The summed E-state index contributed by atoms with van der Waals surface area (Å²) in [7, 11) is 0. The van der Waals surface area contributed by atoms with Gasteiger partial charge in [-0.05, 0) is 41.0 Å². The lowest BCUT2D eigenvalue weighted by Gasteiger charge is -2.28. The highest BCUT2D eigenvalue weighted by Crippen LogP contribution is 2.27. The maximum Gasteiger partial charge on any atom is 0.227 e. The van der Waals surface area contributed by atoms with Crippen molar-refractivity contribution < 1.29 is 9.59 Å². The zero-order valence-electron chi connectivity index (χ0n) is 20.4. The Labute approximate surface area is 198 Å². The van der Waals surface area contributed by atoms with Crippen LogP contribution in [0.15, 0.2) is 48.5 Å². The first-order valence-corrected chi connectivity index (χ1v) is 12.2. The molecule has 1 fully saturated rings. The van der Waals surface area contributed by atoms with Crippen molar-refractivity contribution in [2.45, 2.75) is 78.9 Å². The van der Waals surface area contributed by atoms with Gasteiger partial charge >= 0.3 is 0 Å². The van der Waals surface area contributed by atoms with E-state index in [0.29, 0.717) is 26.1 Å². The van der Waals surface area contributed by atoms with E-state index in [1.165, 1.54) is 6.42 Å². The van der Waals surface area contributed by atoms with Gasteiger partial charge in [-0.25, -0.2) is 0 Å². The molecule has 0 atom stereocenters. The van der Waals surface area contributed by atoms with Crippen LogP contribution >= 0.6 is 0 Å². The molecule has 0 aliphatic heterocycles. The smallest absolute Gasteiger partial charge is 0.227 e. The zero-order chi connectivity index (χ0) is 23.8. The van der Waals surface area contributed by atoms with Crippen molar-refractivity contribution in [1.29, 1.82) is 0 Å². The Morgan fingerprint density at radius 1 is 0.970 bits per heavy atom. The number of nitrogens with one attached hydrogen (secondary N) is 1. The molecule has 5 heteroatoms. The summed E-state index contributed by atoms with van der Waals surface area (Å²) in [5.41, 5.74) is 9.59. The van der Waals surface area contributed by atoms with Gasteiger partial charge in [-0.2, -0.15) is 0 Å². The SMILES string of the molecule is CC(C)(C)CC(=O)N(Cc1cccc(CN)c1)Cc1ccccc1NC(=O)C1CCCCC1. The second-order valence-electron chi connectivity index (χ2n) is 10.5. The van der Waals surface area contributed by atoms with E-state index in [1.807, 2.05) is 47.4 Å². The van der Waals surface area contributed by atoms with Gasteiger partial charge in [0.1, 0.15) is 0 Å². The second kappa shape index (κ2) is 11.5. The molecule has 0 bridgehead atoms. The molecule has 0 spiro atoms. The molecule has 178 valence electrons. The molecule has 2 amide bonds. The summed E-state index contributed by atoms with van der Waals surface area (Å²) >= 11 is 0. The van der Waals surface area contributed by atoms with Gasteiger partial charge in [0.15, 0.2) is 0 Å². The third-order valence-corrected chi connectivity index (χ3v) is 6.25. The van der Waals surface area contributed by atoms with Crippen LogP contribution in [0.25, 0.3) is 0 Å². The number of carbonyl (C=O) groups excluding carboxylic acids is 2. The van der Waals surface area contributed by atoms with Crippen molar-refractivity contribution in [3.05, 3.63) is 65.2 Å². The zero-order valence-corrected chi connectivity index (χ0v) is 20.4. The number of rotatable bonds is 8. The Hall–Kier alpha value is -2.66. The van der Waals surface area contributed by atoms with Crippen LogP contribution < -0.4 is 11.1 Å². The van der Waals surface area contributed by atoms with Gasteiger partial charge in [-0.1, -0.05) is 82.5 Å². The molecular formula is C28H39N3O2. The van der Waals surface area contributed by atoms with Gasteiger partial charge in [0.05, 0.1) is 0 Å². The Morgan fingerprint density at radius 2 is 1.67 bits per heavy atom. The van der Waals surface area contributed by atoms with Crippen molar-refractivity contribution >= 4 is 17.5 Å². The summed E-state index contributed by atoms with van der Waals surface area (Å²) in [5, 5.41) is 3.16. The first-order chi connectivity index (χ1) is 15.7. The van der Waals surface area contributed by atoms with Crippen molar-refractivity contribution in [3.8, 4) is 0 Å². The highest BCUT2D eigenvalue weighted by molar-refractivity contribution is 5.93. The Balaban J connectivity index is 1.81. The number of hydrogen-bond acceptors (Lipinski definition) is 3. The van der Waals surface area contributed by atoms with E-state index in [0.717, 1.165) is 48.1 Å². The van der Waals surface area contributed by atoms with Crippen molar-refractivity contribution in [1.82, 2.24) is 4.90 Å². The largest absolute Gasteiger partial charge is 0.334 e. The second-order valence-corrected chi connectivity index (χ2v) is 10.5. The van der Waals surface area contributed by atoms with E-state index in [1.54, 1.807) is 0 Å². The van der Waals surface area contributed by atoms with E-state index < -0.39 is 0 Å². The van der Waals surface area contributed by atoms with E-state index in [-0.39, 0.29) is 23.1 Å². The molecule has 33 heavy (non-hydrogen) atoms. The fourth-order valence-electron chi connectivity index (χ4n) is 4.46. The first-order valence-electron chi connectivity index (χ1n) is 12.2. The summed E-state index contributed by atoms with van der Waals surface area (Å²) in [4.78, 5) is 28.1. The fourth-order valence-corrected chi connectivity index (χ4v) is 4.46. The number of nitrogens with two attached hydrogens (primary N) is 1. The molecular weight excluding hydrogens is 410 g/mol. The lowest BCUT2D eigenvalue weighted by atomic mass is 9.88. The highest BCUT2D eigenvalue weighted by atomic mass is 16.2. The quantitative estimate of drug-likeness (QED) is 0.548. The van der Waals surface area contributed by atoms with Crippen LogP contribution in [0.5, 0.6) is 0 Å². The van der Waals surface area contributed by atoms with Crippen LogP contribution in [0.4, 0.5) is 5.69 Å². The Morgan fingerprint density at radius 3 is 2.36 bits per heavy atom. The van der Waals surface area contributed by atoms with Crippen molar-refractivity contribution in [2.24, 2.45) is 17.1 Å². The molecule has 0 radical (unpaired) electrons. The van der Waals surface area contributed by atoms with Crippen LogP contribution in [-0.2, 0) is 29.2 Å².